The number of aromatic nitrogens is 1. The maximum absolute atomic E-state index is 12.8. The first kappa shape index (κ1) is 20.0. The van der Waals surface area contributed by atoms with Gasteiger partial charge < -0.3 is 20.5 Å². The van der Waals surface area contributed by atoms with Crippen LogP contribution < -0.4 is 5.73 Å². The summed E-state index contributed by atoms with van der Waals surface area (Å²) in [5.41, 5.74) is 7.77. The smallest absolute Gasteiger partial charge is 0.250 e. The van der Waals surface area contributed by atoms with Gasteiger partial charge in [-0.3, -0.25) is 9.59 Å². The highest BCUT2D eigenvalue weighted by Gasteiger charge is 2.30. The molecule has 0 atom stereocenters. The van der Waals surface area contributed by atoms with Crippen molar-refractivity contribution in [3.63, 3.8) is 0 Å². The molecule has 3 N–H and O–H groups in total. The van der Waals surface area contributed by atoms with Crippen molar-refractivity contribution in [2.24, 2.45) is 17.6 Å². The molecule has 2 fully saturated rings. The van der Waals surface area contributed by atoms with Gasteiger partial charge in [0.2, 0.25) is 5.91 Å². The molecule has 0 bridgehead atoms. The molecular formula is C23H32N4O2. The lowest BCUT2D eigenvalue weighted by Gasteiger charge is -2.39. The predicted octanol–water partition coefficient (Wildman–Crippen LogP) is 2.78. The van der Waals surface area contributed by atoms with Crippen molar-refractivity contribution in [1.29, 1.82) is 0 Å². The van der Waals surface area contributed by atoms with Crippen LogP contribution in [0.5, 0.6) is 0 Å². The van der Waals surface area contributed by atoms with Crippen molar-refractivity contribution < 1.29 is 9.59 Å². The van der Waals surface area contributed by atoms with Crippen molar-refractivity contribution in [3.8, 4) is 0 Å². The summed E-state index contributed by atoms with van der Waals surface area (Å²) >= 11 is 0. The van der Waals surface area contributed by atoms with Crippen LogP contribution in [0.4, 0.5) is 0 Å². The third-order valence-corrected chi connectivity index (χ3v) is 6.93. The number of aryl methyl sites for hydroxylation is 1. The Morgan fingerprint density at radius 1 is 1.07 bits per heavy atom. The molecule has 0 aliphatic carbocycles. The molecule has 3 heterocycles. The van der Waals surface area contributed by atoms with Gasteiger partial charge in [0.25, 0.3) is 5.91 Å². The SMILES string of the molecule is CN1CCC(C2CCN(C(=O)CCc3cc(C(N)=O)c4[nH]ccc4c3)CC2)CC1. The molecule has 1 aromatic heterocycles. The van der Waals surface area contributed by atoms with E-state index in [1.54, 1.807) is 6.20 Å². The zero-order valence-corrected chi connectivity index (χ0v) is 17.3. The first-order valence-corrected chi connectivity index (χ1v) is 10.9. The number of hydrogen-bond acceptors (Lipinski definition) is 3. The second-order valence-electron chi connectivity index (χ2n) is 8.81. The number of hydrogen-bond donors (Lipinski definition) is 2. The fraction of sp³-hybridized carbons (Fsp3) is 0.565. The van der Waals surface area contributed by atoms with Crippen molar-refractivity contribution in [2.45, 2.75) is 38.5 Å². The summed E-state index contributed by atoms with van der Waals surface area (Å²) < 4.78 is 0. The van der Waals surface area contributed by atoms with Crippen molar-refractivity contribution in [2.75, 3.05) is 33.2 Å². The highest BCUT2D eigenvalue weighted by atomic mass is 16.2. The molecule has 2 aromatic rings. The van der Waals surface area contributed by atoms with Crippen LogP contribution in [0, 0.1) is 11.8 Å². The van der Waals surface area contributed by atoms with E-state index in [0.29, 0.717) is 18.4 Å². The Morgan fingerprint density at radius 3 is 2.38 bits per heavy atom. The molecule has 0 unspecified atom stereocenters. The molecule has 0 saturated carbocycles. The fourth-order valence-corrected chi connectivity index (χ4v) is 5.10. The lowest BCUT2D eigenvalue weighted by atomic mass is 9.79. The standard InChI is InChI=1S/C23H32N4O2/c1-26-10-5-17(6-11-26)18-7-12-27(13-8-18)21(28)3-2-16-14-19-4-9-25-22(19)20(15-16)23(24)29/h4,9,14-15,17-18,25H,2-3,5-8,10-13H2,1H3,(H2,24,29). The highest BCUT2D eigenvalue weighted by molar-refractivity contribution is 6.05. The van der Waals surface area contributed by atoms with Crippen LogP contribution in [0.25, 0.3) is 10.9 Å². The number of carbonyl (C=O) groups excluding carboxylic acids is 2. The number of nitrogens with one attached hydrogen (secondary N) is 1. The largest absolute Gasteiger partial charge is 0.366 e. The predicted molar refractivity (Wildman–Crippen MR) is 115 cm³/mol. The van der Waals surface area contributed by atoms with E-state index >= 15 is 0 Å². The molecule has 0 radical (unpaired) electrons. The van der Waals surface area contributed by atoms with Gasteiger partial charge in [0, 0.05) is 31.1 Å². The maximum atomic E-state index is 12.8. The number of amides is 2. The van der Waals surface area contributed by atoms with Gasteiger partial charge in [-0.1, -0.05) is 0 Å². The van der Waals surface area contributed by atoms with Crippen LogP contribution in [0.2, 0.25) is 0 Å². The zero-order valence-electron chi connectivity index (χ0n) is 17.3. The van der Waals surface area contributed by atoms with E-state index in [4.69, 9.17) is 5.73 Å². The van der Waals surface area contributed by atoms with Crippen LogP contribution >= 0.6 is 0 Å². The van der Waals surface area contributed by atoms with Crippen LogP contribution in [-0.4, -0.2) is 59.8 Å². The molecule has 2 aliphatic rings. The molecule has 6 nitrogen and oxygen atoms in total. The minimum absolute atomic E-state index is 0.224. The quantitative estimate of drug-likeness (QED) is 0.815. The summed E-state index contributed by atoms with van der Waals surface area (Å²) in [5, 5.41) is 0.961. The average Bonchev–Trinajstić information content (AvgIpc) is 3.20. The molecule has 2 aliphatic heterocycles. The second-order valence-corrected chi connectivity index (χ2v) is 8.81. The van der Waals surface area contributed by atoms with Gasteiger partial charge in [0.15, 0.2) is 0 Å². The van der Waals surface area contributed by atoms with E-state index in [2.05, 4.69) is 16.9 Å². The maximum Gasteiger partial charge on any atom is 0.250 e. The van der Waals surface area contributed by atoms with E-state index in [9.17, 15) is 9.59 Å². The first-order valence-electron chi connectivity index (χ1n) is 10.9. The van der Waals surface area contributed by atoms with E-state index in [-0.39, 0.29) is 5.91 Å². The topological polar surface area (TPSA) is 82.4 Å². The molecule has 2 amide bonds. The molecule has 29 heavy (non-hydrogen) atoms. The minimum atomic E-state index is -0.443. The summed E-state index contributed by atoms with van der Waals surface area (Å²) in [7, 11) is 2.21. The first-order chi connectivity index (χ1) is 14.0. The average molecular weight is 397 g/mol. The van der Waals surface area contributed by atoms with E-state index in [0.717, 1.165) is 54.2 Å². The molecule has 2 saturated heterocycles. The molecule has 156 valence electrons. The molecule has 1 aromatic carbocycles. The Hall–Kier alpha value is -2.34. The third kappa shape index (κ3) is 4.47. The van der Waals surface area contributed by atoms with Crippen molar-refractivity contribution in [1.82, 2.24) is 14.8 Å². The Balaban J connectivity index is 1.30. The van der Waals surface area contributed by atoms with Gasteiger partial charge in [0.1, 0.15) is 0 Å². The zero-order chi connectivity index (χ0) is 20.4. The van der Waals surface area contributed by atoms with E-state index in [1.165, 1.54) is 25.9 Å². The summed E-state index contributed by atoms with van der Waals surface area (Å²) in [4.78, 5) is 32.0. The van der Waals surface area contributed by atoms with Crippen molar-refractivity contribution in [3.05, 3.63) is 35.5 Å². The Kier molecular flexibility index (Phi) is 5.90. The summed E-state index contributed by atoms with van der Waals surface area (Å²) in [6.07, 6.45) is 7.81. The minimum Gasteiger partial charge on any atom is -0.366 e. The monoisotopic (exact) mass is 396 g/mol. The molecular weight excluding hydrogens is 364 g/mol. The lowest BCUT2D eigenvalue weighted by Crippen LogP contribution is -2.42. The Labute approximate surface area is 172 Å². The highest BCUT2D eigenvalue weighted by Crippen LogP contribution is 2.32. The number of H-pyrrole nitrogens is 1. The lowest BCUT2D eigenvalue weighted by molar-refractivity contribution is -0.132. The van der Waals surface area contributed by atoms with Gasteiger partial charge in [0.05, 0.1) is 11.1 Å². The second kappa shape index (κ2) is 8.57. The Morgan fingerprint density at radius 2 is 1.72 bits per heavy atom. The summed E-state index contributed by atoms with van der Waals surface area (Å²) in [6.45, 7) is 4.20. The number of nitrogens with zero attached hydrogens (tertiary/aromatic N) is 2. The molecule has 0 spiro atoms. The van der Waals surface area contributed by atoms with Crippen LogP contribution in [0.15, 0.2) is 24.4 Å². The number of nitrogens with two attached hydrogens (primary N) is 1. The van der Waals surface area contributed by atoms with Gasteiger partial charge in [-0.25, -0.2) is 0 Å². The third-order valence-electron chi connectivity index (χ3n) is 6.93. The van der Waals surface area contributed by atoms with Crippen molar-refractivity contribution >= 4 is 22.7 Å². The number of primary amides is 1. The summed E-state index contributed by atoms with van der Waals surface area (Å²) in [6, 6.07) is 5.79. The summed E-state index contributed by atoms with van der Waals surface area (Å²) in [5.74, 6) is 1.40. The van der Waals surface area contributed by atoms with Crippen LogP contribution in [0.1, 0.15) is 48.0 Å². The fourth-order valence-electron chi connectivity index (χ4n) is 5.10. The number of piperidine rings is 2. The Bertz CT molecular complexity index is 874. The van der Waals surface area contributed by atoms with Gasteiger partial charge in [-0.2, -0.15) is 0 Å². The van der Waals surface area contributed by atoms with E-state index < -0.39 is 5.91 Å². The molecule has 6 heteroatoms. The van der Waals surface area contributed by atoms with Gasteiger partial charge in [-0.15, -0.1) is 0 Å². The van der Waals surface area contributed by atoms with Crippen LogP contribution in [0.3, 0.4) is 0 Å². The number of carbonyl (C=O) groups is 2. The van der Waals surface area contributed by atoms with Gasteiger partial charge in [-0.05, 0) is 87.8 Å². The normalized spacial score (nSPS) is 19.7. The van der Waals surface area contributed by atoms with Crippen LogP contribution in [-0.2, 0) is 11.2 Å². The number of aromatic amines is 1. The van der Waals surface area contributed by atoms with Gasteiger partial charge >= 0.3 is 0 Å². The number of benzene rings is 1. The van der Waals surface area contributed by atoms with E-state index in [1.807, 2.05) is 23.1 Å². The number of fused-ring (bicyclic) bond motifs is 1. The molecule has 4 rings (SSSR count). The number of likely N-dealkylation sites (tertiary alicyclic amines) is 2. The number of rotatable bonds is 5.